The fraction of sp³-hybridized carbons (Fsp3) is 0.708. The lowest BCUT2D eigenvalue weighted by atomic mass is 9.94. The van der Waals surface area contributed by atoms with E-state index < -0.39 is 0 Å². The first-order valence-corrected chi connectivity index (χ1v) is 11.4. The van der Waals surface area contributed by atoms with Gasteiger partial charge in [-0.2, -0.15) is 0 Å². The van der Waals surface area contributed by atoms with Crippen LogP contribution < -0.4 is 20.1 Å². The van der Waals surface area contributed by atoms with E-state index >= 15 is 0 Å². The normalized spacial score (nSPS) is 18.6. The first-order chi connectivity index (χ1) is 14.9. The number of carbonyl (C=O) groups excluding carboxylic acids is 1. The van der Waals surface area contributed by atoms with E-state index in [4.69, 9.17) is 14.2 Å². The van der Waals surface area contributed by atoms with Crippen molar-refractivity contribution in [1.82, 2.24) is 15.5 Å². The predicted octanol–water partition coefficient (Wildman–Crippen LogP) is 2.79. The van der Waals surface area contributed by atoms with Crippen molar-refractivity contribution in [3.8, 4) is 11.5 Å². The summed E-state index contributed by atoms with van der Waals surface area (Å²) in [5.74, 6) is 2.20. The molecule has 0 aromatic heterocycles. The van der Waals surface area contributed by atoms with Crippen molar-refractivity contribution < 1.29 is 19.0 Å². The van der Waals surface area contributed by atoms with Crippen LogP contribution >= 0.6 is 0 Å². The van der Waals surface area contributed by atoms with E-state index in [1.165, 1.54) is 0 Å². The summed E-state index contributed by atoms with van der Waals surface area (Å²) in [6.07, 6.45) is 0.774. The summed E-state index contributed by atoms with van der Waals surface area (Å²) in [6.45, 7) is 13.3. The maximum Gasteiger partial charge on any atom is 0.254 e. The highest BCUT2D eigenvalue weighted by molar-refractivity contribution is 5.95. The van der Waals surface area contributed by atoms with Gasteiger partial charge in [0.25, 0.3) is 5.91 Å². The van der Waals surface area contributed by atoms with Crippen molar-refractivity contribution in [2.75, 3.05) is 53.6 Å². The molecule has 0 radical (unpaired) electrons. The molecule has 2 atom stereocenters. The molecule has 0 unspecified atom stereocenters. The average Bonchev–Trinajstić information content (AvgIpc) is 3.19. The van der Waals surface area contributed by atoms with Crippen LogP contribution in [-0.2, 0) is 4.74 Å². The summed E-state index contributed by atoms with van der Waals surface area (Å²) in [6, 6.07) is 6.01. The maximum absolute atomic E-state index is 13.4. The Morgan fingerprint density at radius 3 is 2.52 bits per heavy atom. The number of methoxy groups -OCH3 is 2. The molecule has 1 aromatic rings. The minimum absolute atomic E-state index is 0.0295. The molecule has 31 heavy (non-hydrogen) atoms. The second kappa shape index (κ2) is 12.9. The summed E-state index contributed by atoms with van der Waals surface area (Å²) in [7, 11) is 3.28. The van der Waals surface area contributed by atoms with Gasteiger partial charge in [-0.15, -0.1) is 0 Å². The molecular weight excluding hydrogens is 394 g/mol. The third kappa shape index (κ3) is 7.66. The molecule has 2 rings (SSSR count). The molecule has 0 spiro atoms. The van der Waals surface area contributed by atoms with E-state index in [2.05, 4.69) is 38.3 Å². The van der Waals surface area contributed by atoms with Crippen LogP contribution in [0.1, 0.15) is 44.5 Å². The number of carbonyl (C=O) groups is 1. The monoisotopic (exact) mass is 435 g/mol. The Balaban J connectivity index is 2.11. The van der Waals surface area contributed by atoms with Crippen LogP contribution in [0.25, 0.3) is 0 Å². The van der Waals surface area contributed by atoms with Gasteiger partial charge in [-0.25, -0.2) is 0 Å². The lowest BCUT2D eigenvalue weighted by Gasteiger charge is -2.32. The van der Waals surface area contributed by atoms with Gasteiger partial charge in [0.05, 0.1) is 13.7 Å². The van der Waals surface area contributed by atoms with E-state index in [0.717, 1.165) is 32.6 Å². The number of amides is 1. The molecule has 1 aliphatic rings. The minimum Gasteiger partial charge on any atom is -0.493 e. The van der Waals surface area contributed by atoms with Crippen molar-refractivity contribution in [3.05, 3.63) is 23.8 Å². The fourth-order valence-corrected chi connectivity index (χ4v) is 3.88. The van der Waals surface area contributed by atoms with E-state index in [-0.39, 0.29) is 11.9 Å². The highest BCUT2D eigenvalue weighted by Crippen LogP contribution is 2.29. The molecule has 1 fully saturated rings. The van der Waals surface area contributed by atoms with Gasteiger partial charge in [-0.05, 0) is 57.0 Å². The molecule has 1 aliphatic heterocycles. The summed E-state index contributed by atoms with van der Waals surface area (Å²) in [5.41, 5.74) is 0.624. The van der Waals surface area contributed by atoms with Crippen LogP contribution in [-0.4, -0.2) is 76.5 Å². The number of hydrogen-bond acceptors (Lipinski definition) is 6. The Hall–Kier alpha value is -1.83. The Kier molecular flexibility index (Phi) is 10.6. The summed E-state index contributed by atoms with van der Waals surface area (Å²) in [5, 5.41) is 7.05. The number of benzene rings is 1. The summed E-state index contributed by atoms with van der Waals surface area (Å²) < 4.78 is 16.4. The van der Waals surface area contributed by atoms with Crippen LogP contribution in [0.2, 0.25) is 0 Å². The molecule has 2 N–H and O–H groups in total. The molecule has 1 saturated heterocycles. The van der Waals surface area contributed by atoms with Gasteiger partial charge in [0.15, 0.2) is 11.5 Å². The van der Waals surface area contributed by atoms with Gasteiger partial charge in [-0.3, -0.25) is 4.79 Å². The van der Waals surface area contributed by atoms with Gasteiger partial charge >= 0.3 is 0 Å². The van der Waals surface area contributed by atoms with E-state index in [1.807, 2.05) is 17.0 Å². The lowest BCUT2D eigenvalue weighted by molar-refractivity contribution is 0.0660. The Morgan fingerprint density at radius 2 is 1.87 bits per heavy atom. The quantitative estimate of drug-likeness (QED) is 0.464. The highest BCUT2D eigenvalue weighted by Gasteiger charge is 2.31. The Bertz CT molecular complexity index is 681. The summed E-state index contributed by atoms with van der Waals surface area (Å²) >= 11 is 0. The van der Waals surface area contributed by atoms with Crippen molar-refractivity contribution in [2.24, 2.45) is 11.8 Å². The summed E-state index contributed by atoms with van der Waals surface area (Å²) in [4.78, 5) is 15.4. The van der Waals surface area contributed by atoms with Crippen molar-refractivity contribution in [3.63, 3.8) is 0 Å². The van der Waals surface area contributed by atoms with Crippen LogP contribution in [0.3, 0.4) is 0 Å². The molecular formula is C24H41N3O4. The predicted molar refractivity (Wildman–Crippen MR) is 124 cm³/mol. The molecule has 176 valence electrons. The topological polar surface area (TPSA) is 72.1 Å². The largest absolute Gasteiger partial charge is 0.493 e. The van der Waals surface area contributed by atoms with Crippen LogP contribution in [0.5, 0.6) is 11.5 Å². The first kappa shape index (κ1) is 25.4. The molecule has 7 nitrogen and oxygen atoms in total. The number of nitrogens with zero attached hydrogens (tertiary/aromatic N) is 1. The SMILES string of the molecule is COCCCOc1cc(C(=O)N(C[C@@H]2CNC[C@@H]2CNC(C)C)C(C)C)ccc1OC. The maximum atomic E-state index is 13.4. The van der Waals surface area contributed by atoms with Crippen molar-refractivity contribution in [2.45, 2.75) is 46.2 Å². The average molecular weight is 436 g/mol. The van der Waals surface area contributed by atoms with Crippen LogP contribution in [0.15, 0.2) is 18.2 Å². The smallest absolute Gasteiger partial charge is 0.254 e. The van der Waals surface area contributed by atoms with Gasteiger partial charge < -0.3 is 29.7 Å². The molecule has 0 aliphatic carbocycles. The number of ether oxygens (including phenoxy) is 3. The first-order valence-electron chi connectivity index (χ1n) is 11.4. The molecule has 0 saturated carbocycles. The van der Waals surface area contributed by atoms with E-state index in [1.54, 1.807) is 20.3 Å². The second-order valence-corrected chi connectivity index (χ2v) is 8.85. The van der Waals surface area contributed by atoms with Gasteiger partial charge in [-0.1, -0.05) is 13.8 Å². The third-order valence-electron chi connectivity index (χ3n) is 5.74. The Morgan fingerprint density at radius 1 is 1.13 bits per heavy atom. The highest BCUT2D eigenvalue weighted by atomic mass is 16.5. The molecule has 7 heteroatoms. The lowest BCUT2D eigenvalue weighted by Crippen LogP contribution is -2.43. The van der Waals surface area contributed by atoms with Crippen molar-refractivity contribution >= 4 is 5.91 Å². The van der Waals surface area contributed by atoms with Crippen LogP contribution in [0.4, 0.5) is 0 Å². The van der Waals surface area contributed by atoms with Gasteiger partial charge in [0, 0.05) is 50.9 Å². The third-order valence-corrected chi connectivity index (χ3v) is 5.74. The zero-order chi connectivity index (χ0) is 22.8. The number of rotatable bonds is 13. The Labute approximate surface area is 187 Å². The molecule has 1 aromatic carbocycles. The second-order valence-electron chi connectivity index (χ2n) is 8.85. The number of hydrogen-bond donors (Lipinski definition) is 2. The molecule has 0 bridgehead atoms. The van der Waals surface area contributed by atoms with Crippen molar-refractivity contribution in [1.29, 1.82) is 0 Å². The van der Waals surface area contributed by atoms with E-state index in [9.17, 15) is 4.79 Å². The number of nitrogens with one attached hydrogen (secondary N) is 2. The zero-order valence-corrected chi connectivity index (χ0v) is 20.1. The van der Waals surface area contributed by atoms with Gasteiger partial charge in [0.1, 0.15) is 0 Å². The fourth-order valence-electron chi connectivity index (χ4n) is 3.88. The zero-order valence-electron chi connectivity index (χ0n) is 20.1. The standard InChI is InChI=1S/C24H41N3O4/c1-17(2)26-15-20-13-25-14-21(20)16-27(18(3)4)24(28)19-8-9-22(30-6)23(12-19)31-11-7-10-29-5/h8-9,12,17-18,20-21,25-26H,7,10-11,13-16H2,1-6H3/t20-,21+/m1/s1. The molecule has 1 heterocycles. The van der Waals surface area contributed by atoms with Crippen LogP contribution in [0, 0.1) is 11.8 Å². The minimum atomic E-state index is 0.0295. The van der Waals surface area contributed by atoms with E-state index in [0.29, 0.717) is 48.2 Å². The molecule has 1 amide bonds. The van der Waals surface area contributed by atoms with Gasteiger partial charge in [0.2, 0.25) is 0 Å².